The molecule has 0 saturated heterocycles. The van der Waals surface area contributed by atoms with E-state index in [1.165, 1.54) is 30.4 Å². The van der Waals surface area contributed by atoms with Crippen LogP contribution in [0.2, 0.25) is 10.0 Å². The van der Waals surface area contributed by atoms with Gasteiger partial charge in [0.15, 0.2) is 0 Å². The summed E-state index contributed by atoms with van der Waals surface area (Å²) < 4.78 is 0. The Morgan fingerprint density at radius 3 is 2.30 bits per heavy atom. The number of hydrogen-bond donors (Lipinski definition) is 1. The van der Waals surface area contributed by atoms with Crippen LogP contribution in [0.5, 0.6) is 0 Å². The summed E-state index contributed by atoms with van der Waals surface area (Å²) in [4.78, 5) is 0. The summed E-state index contributed by atoms with van der Waals surface area (Å²) >= 11 is 12.3. The fraction of sp³-hybridized carbons (Fsp3) is 0.368. The van der Waals surface area contributed by atoms with Gasteiger partial charge in [-0.2, -0.15) is 0 Å². The van der Waals surface area contributed by atoms with Crippen molar-refractivity contribution in [2.75, 3.05) is 0 Å². The van der Waals surface area contributed by atoms with Crippen molar-refractivity contribution in [1.29, 1.82) is 0 Å². The molecule has 2 aromatic carbocycles. The highest BCUT2D eigenvalue weighted by Gasteiger charge is 2.43. The van der Waals surface area contributed by atoms with Gasteiger partial charge in [0.2, 0.25) is 0 Å². The van der Waals surface area contributed by atoms with E-state index in [0.717, 1.165) is 6.54 Å². The second-order valence-electron chi connectivity index (χ2n) is 6.23. The van der Waals surface area contributed by atoms with Crippen molar-refractivity contribution in [3.8, 4) is 0 Å². The second-order valence-corrected chi connectivity index (χ2v) is 7.04. The molecule has 1 nitrogen and oxygen atoms in total. The van der Waals surface area contributed by atoms with E-state index in [1.807, 2.05) is 12.1 Å². The van der Waals surface area contributed by atoms with Crippen molar-refractivity contribution in [2.45, 2.75) is 44.2 Å². The quantitative estimate of drug-likeness (QED) is 0.679. The third kappa shape index (κ3) is 3.85. The summed E-state index contributed by atoms with van der Waals surface area (Å²) in [6.45, 7) is 3.18. The van der Waals surface area contributed by atoms with E-state index in [4.69, 9.17) is 23.2 Å². The van der Waals surface area contributed by atoms with Gasteiger partial charge in [-0.1, -0.05) is 66.0 Å². The van der Waals surface area contributed by atoms with Crippen LogP contribution in [0.1, 0.15) is 37.3 Å². The zero-order valence-corrected chi connectivity index (χ0v) is 15.5. The molecule has 0 heterocycles. The number of benzene rings is 2. The number of rotatable bonds is 5. The Morgan fingerprint density at radius 1 is 1.04 bits per heavy atom. The van der Waals surface area contributed by atoms with E-state index in [0.29, 0.717) is 16.1 Å². The molecule has 0 aliphatic heterocycles. The average molecular weight is 371 g/mol. The minimum Gasteiger partial charge on any atom is -0.309 e. The highest BCUT2D eigenvalue weighted by Crippen LogP contribution is 2.47. The summed E-state index contributed by atoms with van der Waals surface area (Å²) in [7, 11) is 0. The fourth-order valence-corrected chi connectivity index (χ4v) is 3.70. The van der Waals surface area contributed by atoms with E-state index in [2.05, 4.69) is 48.6 Å². The van der Waals surface area contributed by atoms with Gasteiger partial charge in [-0.15, -0.1) is 12.4 Å². The van der Waals surface area contributed by atoms with E-state index in [1.54, 1.807) is 0 Å². The molecule has 1 N–H and O–H groups in total. The molecular formula is C19H22Cl3N. The molecule has 2 aromatic rings. The summed E-state index contributed by atoms with van der Waals surface area (Å²) in [5.74, 6) is 0. The van der Waals surface area contributed by atoms with Crippen molar-refractivity contribution in [2.24, 2.45) is 0 Å². The second kappa shape index (κ2) is 7.90. The van der Waals surface area contributed by atoms with Crippen molar-refractivity contribution >= 4 is 35.6 Å². The maximum atomic E-state index is 6.23. The summed E-state index contributed by atoms with van der Waals surface area (Å²) in [5.41, 5.74) is 2.81. The largest absolute Gasteiger partial charge is 0.309 e. The zero-order chi connectivity index (χ0) is 15.6. The first-order chi connectivity index (χ1) is 10.6. The molecule has 3 rings (SSSR count). The molecule has 1 fully saturated rings. The fourth-order valence-electron chi connectivity index (χ4n) is 3.40. The number of halogens is 3. The van der Waals surface area contributed by atoms with Gasteiger partial charge in [0.05, 0.1) is 10.0 Å². The standard InChI is InChI=1S/C19H21Cl2N.ClH/c1-14(22-13-15-6-3-2-4-7-15)19(10-5-11-19)16-8-9-17(20)18(21)12-16;/h2-4,6-9,12,14,22H,5,10-11,13H2,1H3;1H. The van der Waals surface area contributed by atoms with Crippen molar-refractivity contribution < 1.29 is 0 Å². The first kappa shape index (κ1) is 18.6. The maximum Gasteiger partial charge on any atom is 0.0595 e. The van der Waals surface area contributed by atoms with Crippen LogP contribution < -0.4 is 5.32 Å². The highest BCUT2D eigenvalue weighted by atomic mass is 35.5. The zero-order valence-electron chi connectivity index (χ0n) is 13.2. The van der Waals surface area contributed by atoms with E-state index in [-0.39, 0.29) is 17.8 Å². The third-order valence-electron chi connectivity index (χ3n) is 5.02. The minimum atomic E-state index is 0. The molecule has 1 aliphatic carbocycles. The molecule has 4 heteroatoms. The van der Waals surface area contributed by atoms with Gasteiger partial charge < -0.3 is 5.32 Å². The summed E-state index contributed by atoms with van der Waals surface area (Å²) in [5, 5.41) is 4.98. The van der Waals surface area contributed by atoms with Crippen molar-refractivity contribution in [3.63, 3.8) is 0 Å². The molecule has 1 aliphatic rings. The molecule has 0 bridgehead atoms. The third-order valence-corrected chi connectivity index (χ3v) is 5.76. The van der Waals surface area contributed by atoms with Crippen molar-refractivity contribution in [1.82, 2.24) is 5.32 Å². The smallest absolute Gasteiger partial charge is 0.0595 e. The van der Waals surface area contributed by atoms with Crippen LogP contribution in [0.25, 0.3) is 0 Å². The molecule has 1 atom stereocenters. The van der Waals surface area contributed by atoms with E-state index >= 15 is 0 Å². The van der Waals surface area contributed by atoms with Crippen LogP contribution in [0.4, 0.5) is 0 Å². The Balaban J connectivity index is 0.00000192. The Bertz CT molecular complexity index is 638. The highest BCUT2D eigenvalue weighted by molar-refractivity contribution is 6.42. The molecule has 1 saturated carbocycles. The lowest BCUT2D eigenvalue weighted by Crippen LogP contribution is -2.50. The SMILES string of the molecule is CC(NCc1ccccc1)C1(c2ccc(Cl)c(Cl)c2)CCC1.Cl. The van der Waals surface area contributed by atoms with Crippen LogP contribution in [0.3, 0.4) is 0 Å². The van der Waals surface area contributed by atoms with E-state index in [9.17, 15) is 0 Å². The van der Waals surface area contributed by atoms with Gasteiger partial charge in [-0.05, 0) is 43.0 Å². The van der Waals surface area contributed by atoms with Gasteiger partial charge in [0.25, 0.3) is 0 Å². The molecule has 0 aromatic heterocycles. The minimum absolute atomic E-state index is 0. The molecule has 0 spiro atoms. The molecule has 23 heavy (non-hydrogen) atoms. The van der Waals surface area contributed by atoms with Gasteiger partial charge in [-0.25, -0.2) is 0 Å². The molecular weight excluding hydrogens is 349 g/mol. The predicted molar refractivity (Wildman–Crippen MR) is 102 cm³/mol. The average Bonchev–Trinajstić information content (AvgIpc) is 2.49. The number of hydrogen-bond acceptors (Lipinski definition) is 1. The Labute approximate surface area is 154 Å². The van der Waals surface area contributed by atoms with Crippen molar-refractivity contribution in [3.05, 3.63) is 69.7 Å². The lowest BCUT2D eigenvalue weighted by molar-refractivity contribution is 0.178. The normalized spacial score (nSPS) is 17.0. The van der Waals surface area contributed by atoms with Crippen LogP contribution in [-0.2, 0) is 12.0 Å². The summed E-state index contributed by atoms with van der Waals surface area (Å²) in [6, 6.07) is 17.0. The topological polar surface area (TPSA) is 12.0 Å². The first-order valence-electron chi connectivity index (χ1n) is 7.85. The Morgan fingerprint density at radius 2 is 1.74 bits per heavy atom. The van der Waals surface area contributed by atoms with Gasteiger partial charge in [0, 0.05) is 18.0 Å². The lowest BCUT2D eigenvalue weighted by atomic mass is 9.60. The van der Waals surface area contributed by atoms with Gasteiger partial charge >= 0.3 is 0 Å². The molecule has 0 amide bonds. The Kier molecular flexibility index (Phi) is 6.39. The Hall–Kier alpha value is -0.730. The maximum absolute atomic E-state index is 6.23. The van der Waals surface area contributed by atoms with Crippen LogP contribution in [0.15, 0.2) is 48.5 Å². The predicted octanol–water partition coefficient (Wildman–Crippen LogP) is 6.02. The molecule has 0 radical (unpaired) electrons. The monoisotopic (exact) mass is 369 g/mol. The van der Waals surface area contributed by atoms with Crippen LogP contribution >= 0.6 is 35.6 Å². The lowest BCUT2D eigenvalue weighted by Gasteiger charge is -2.47. The van der Waals surface area contributed by atoms with Crippen LogP contribution in [0, 0.1) is 0 Å². The molecule has 124 valence electrons. The molecule has 1 unspecified atom stereocenters. The first-order valence-corrected chi connectivity index (χ1v) is 8.60. The summed E-state index contributed by atoms with van der Waals surface area (Å²) in [6.07, 6.45) is 3.68. The number of nitrogens with one attached hydrogen (secondary N) is 1. The van der Waals surface area contributed by atoms with Gasteiger partial charge in [-0.3, -0.25) is 0 Å². The van der Waals surface area contributed by atoms with E-state index < -0.39 is 0 Å². The van der Waals surface area contributed by atoms with Gasteiger partial charge in [0.1, 0.15) is 0 Å². The van der Waals surface area contributed by atoms with Crippen LogP contribution in [-0.4, -0.2) is 6.04 Å².